The van der Waals surface area contributed by atoms with Crippen LogP contribution in [0.25, 0.3) is 0 Å². The molecule has 6 heteroatoms. The first-order chi connectivity index (χ1) is 7.13. The van der Waals surface area contributed by atoms with Gasteiger partial charge in [-0.1, -0.05) is 0 Å². The van der Waals surface area contributed by atoms with E-state index in [0.717, 1.165) is 5.56 Å². The first-order valence-corrected chi connectivity index (χ1v) is 4.91. The van der Waals surface area contributed by atoms with Gasteiger partial charge in [0, 0.05) is 25.4 Å². The standard InChI is InChI=1S/C9H14ClN3O2/c1-6-3-12-9(10)13-8(6)11-4-7(14)5-15-2/h3,7,14H,4-5H2,1-2H3,(H,11,12,13). The van der Waals surface area contributed by atoms with Crippen molar-refractivity contribution in [1.82, 2.24) is 9.97 Å². The van der Waals surface area contributed by atoms with E-state index < -0.39 is 6.10 Å². The summed E-state index contributed by atoms with van der Waals surface area (Å²) in [6.07, 6.45) is 1.06. The van der Waals surface area contributed by atoms with Crippen LogP contribution in [-0.2, 0) is 4.74 Å². The molecule has 1 heterocycles. The van der Waals surface area contributed by atoms with E-state index in [1.165, 1.54) is 7.11 Å². The highest BCUT2D eigenvalue weighted by Gasteiger charge is 2.06. The molecule has 5 nitrogen and oxygen atoms in total. The third-order valence-electron chi connectivity index (χ3n) is 1.81. The van der Waals surface area contributed by atoms with Crippen molar-refractivity contribution in [2.45, 2.75) is 13.0 Å². The van der Waals surface area contributed by atoms with E-state index in [-0.39, 0.29) is 11.9 Å². The maximum absolute atomic E-state index is 9.41. The summed E-state index contributed by atoms with van der Waals surface area (Å²) in [7, 11) is 1.54. The fraction of sp³-hybridized carbons (Fsp3) is 0.556. The third-order valence-corrected chi connectivity index (χ3v) is 1.99. The lowest BCUT2D eigenvalue weighted by Crippen LogP contribution is -2.24. The van der Waals surface area contributed by atoms with Gasteiger partial charge in [0.2, 0.25) is 5.28 Å². The quantitative estimate of drug-likeness (QED) is 0.736. The second kappa shape index (κ2) is 5.85. The van der Waals surface area contributed by atoms with Crippen LogP contribution in [0.4, 0.5) is 5.82 Å². The largest absolute Gasteiger partial charge is 0.389 e. The molecule has 1 unspecified atom stereocenters. The zero-order chi connectivity index (χ0) is 11.3. The Kier molecular flexibility index (Phi) is 4.74. The molecule has 0 saturated heterocycles. The van der Waals surface area contributed by atoms with Crippen molar-refractivity contribution < 1.29 is 9.84 Å². The number of rotatable bonds is 5. The Morgan fingerprint density at radius 2 is 2.40 bits per heavy atom. The molecule has 0 aliphatic carbocycles. The van der Waals surface area contributed by atoms with E-state index in [4.69, 9.17) is 16.3 Å². The Bertz CT molecular complexity index is 322. The molecule has 1 aromatic rings. The molecular formula is C9H14ClN3O2. The summed E-state index contributed by atoms with van der Waals surface area (Å²) in [5.74, 6) is 0.630. The second-order valence-electron chi connectivity index (χ2n) is 3.16. The minimum Gasteiger partial charge on any atom is -0.389 e. The number of aromatic nitrogens is 2. The Balaban J connectivity index is 2.53. The number of aryl methyl sites for hydroxylation is 1. The molecule has 0 aliphatic heterocycles. The Labute approximate surface area is 93.5 Å². The first kappa shape index (κ1) is 12.2. The number of hydrogen-bond donors (Lipinski definition) is 2. The predicted molar refractivity (Wildman–Crippen MR) is 58.2 cm³/mol. The summed E-state index contributed by atoms with van der Waals surface area (Å²) in [4.78, 5) is 7.83. The fourth-order valence-corrected chi connectivity index (χ4v) is 1.20. The van der Waals surface area contributed by atoms with Gasteiger partial charge in [0.1, 0.15) is 5.82 Å². The molecule has 1 rings (SSSR count). The van der Waals surface area contributed by atoms with Crippen molar-refractivity contribution in [1.29, 1.82) is 0 Å². The number of nitrogens with zero attached hydrogens (tertiary/aromatic N) is 2. The van der Waals surface area contributed by atoms with Gasteiger partial charge in [0.05, 0.1) is 12.7 Å². The summed E-state index contributed by atoms with van der Waals surface area (Å²) in [5, 5.41) is 12.6. The number of methoxy groups -OCH3 is 1. The highest BCUT2D eigenvalue weighted by molar-refractivity contribution is 6.28. The molecule has 1 atom stereocenters. The van der Waals surface area contributed by atoms with Gasteiger partial charge in [-0.25, -0.2) is 9.97 Å². The molecule has 84 valence electrons. The Hall–Kier alpha value is -0.910. The lowest BCUT2D eigenvalue weighted by Gasteiger charge is -2.12. The molecule has 0 aromatic carbocycles. The fourth-order valence-electron chi connectivity index (χ4n) is 1.07. The third kappa shape index (κ3) is 3.99. The number of aliphatic hydroxyl groups is 1. The first-order valence-electron chi connectivity index (χ1n) is 4.53. The van der Waals surface area contributed by atoms with Crippen molar-refractivity contribution in [2.75, 3.05) is 25.6 Å². The SMILES string of the molecule is COCC(O)CNc1nc(Cl)ncc1C. The molecule has 0 aliphatic rings. The monoisotopic (exact) mass is 231 g/mol. The number of aliphatic hydroxyl groups excluding tert-OH is 1. The minimum absolute atomic E-state index is 0.185. The molecular weight excluding hydrogens is 218 g/mol. The van der Waals surface area contributed by atoms with Crippen LogP contribution in [0.1, 0.15) is 5.56 Å². The van der Waals surface area contributed by atoms with Crippen LogP contribution in [0.2, 0.25) is 5.28 Å². The van der Waals surface area contributed by atoms with Crippen molar-refractivity contribution in [3.63, 3.8) is 0 Å². The second-order valence-corrected chi connectivity index (χ2v) is 3.50. The molecule has 0 radical (unpaired) electrons. The summed E-state index contributed by atoms with van der Waals surface area (Å²) in [5.41, 5.74) is 0.879. The molecule has 0 fully saturated rings. The van der Waals surface area contributed by atoms with E-state index in [1.807, 2.05) is 6.92 Å². The van der Waals surface area contributed by atoms with E-state index >= 15 is 0 Å². The molecule has 0 amide bonds. The van der Waals surface area contributed by atoms with Crippen LogP contribution in [0.5, 0.6) is 0 Å². The normalized spacial score (nSPS) is 12.5. The smallest absolute Gasteiger partial charge is 0.224 e. The highest BCUT2D eigenvalue weighted by Crippen LogP contribution is 2.12. The van der Waals surface area contributed by atoms with Gasteiger partial charge in [-0.15, -0.1) is 0 Å². The van der Waals surface area contributed by atoms with Gasteiger partial charge >= 0.3 is 0 Å². The average Bonchev–Trinajstić information content (AvgIpc) is 2.20. The minimum atomic E-state index is -0.567. The van der Waals surface area contributed by atoms with Gasteiger partial charge in [-0.2, -0.15) is 0 Å². The van der Waals surface area contributed by atoms with E-state index in [1.54, 1.807) is 6.20 Å². The molecule has 0 spiro atoms. The van der Waals surface area contributed by atoms with Crippen LogP contribution < -0.4 is 5.32 Å². The van der Waals surface area contributed by atoms with Crippen LogP contribution >= 0.6 is 11.6 Å². The van der Waals surface area contributed by atoms with E-state index in [0.29, 0.717) is 12.4 Å². The molecule has 0 bridgehead atoms. The number of hydrogen-bond acceptors (Lipinski definition) is 5. The number of nitrogens with one attached hydrogen (secondary N) is 1. The van der Waals surface area contributed by atoms with E-state index in [2.05, 4.69) is 15.3 Å². The Morgan fingerprint density at radius 1 is 1.67 bits per heavy atom. The summed E-state index contributed by atoms with van der Waals surface area (Å²) < 4.78 is 4.80. The van der Waals surface area contributed by atoms with Crippen LogP contribution in [0.15, 0.2) is 6.20 Å². The Morgan fingerprint density at radius 3 is 3.07 bits per heavy atom. The zero-order valence-electron chi connectivity index (χ0n) is 8.70. The van der Waals surface area contributed by atoms with E-state index in [9.17, 15) is 5.11 Å². The summed E-state index contributed by atoms with van der Waals surface area (Å²) in [6.45, 7) is 2.51. The molecule has 15 heavy (non-hydrogen) atoms. The van der Waals surface area contributed by atoms with Crippen molar-refractivity contribution in [3.05, 3.63) is 17.0 Å². The van der Waals surface area contributed by atoms with Crippen molar-refractivity contribution in [2.24, 2.45) is 0 Å². The predicted octanol–water partition coefficient (Wildman–Crippen LogP) is 0.858. The lowest BCUT2D eigenvalue weighted by molar-refractivity contribution is 0.0727. The summed E-state index contributed by atoms with van der Waals surface area (Å²) in [6, 6.07) is 0. The average molecular weight is 232 g/mol. The van der Waals surface area contributed by atoms with Gasteiger partial charge in [0.25, 0.3) is 0 Å². The number of halogens is 1. The van der Waals surface area contributed by atoms with Crippen LogP contribution in [0.3, 0.4) is 0 Å². The van der Waals surface area contributed by atoms with Crippen LogP contribution in [-0.4, -0.2) is 41.4 Å². The van der Waals surface area contributed by atoms with Crippen molar-refractivity contribution in [3.8, 4) is 0 Å². The highest BCUT2D eigenvalue weighted by atomic mass is 35.5. The lowest BCUT2D eigenvalue weighted by atomic mass is 10.3. The number of anilines is 1. The molecule has 0 saturated carbocycles. The number of ether oxygens (including phenoxy) is 1. The molecule has 1 aromatic heterocycles. The van der Waals surface area contributed by atoms with Gasteiger partial charge in [-0.05, 0) is 18.5 Å². The van der Waals surface area contributed by atoms with Crippen LogP contribution in [0, 0.1) is 6.92 Å². The van der Waals surface area contributed by atoms with Gasteiger partial charge in [-0.3, -0.25) is 0 Å². The van der Waals surface area contributed by atoms with Gasteiger partial charge < -0.3 is 15.2 Å². The maximum Gasteiger partial charge on any atom is 0.224 e. The summed E-state index contributed by atoms with van der Waals surface area (Å²) >= 11 is 5.64. The zero-order valence-corrected chi connectivity index (χ0v) is 9.45. The van der Waals surface area contributed by atoms with Crippen molar-refractivity contribution >= 4 is 17.4 Å². The maximum atomic E-state index is 9.41. The molecule has 2 N–H and O–H groups in total. The van der Waals surface area contributed by atoms with Gasteiger partial charge in [0.15, 0.2) is 0 Å². The topological polar surface area (TPSA) is 67.3 Å².